The first-order chi connectivity index (χ1) is 6.87. The lowest BCUT2D eigenvalue weighted by Gasteiger charge is -2.34. The van der Waals surface area contributed by atoms with Gasteiger partial charge in [-0.2, -0.15) is 35.1 Å². The van der Waals surface area contributed by atoms with E-state index >= 15 is 0 Å². The minimum absolute atomic E-state index is 0.819. The average molecular weight is 254 g/mol. The van der Waals surface area contributed by atoms with Gasteiger partial charge in [0.2, 0.25) is 0 Å². The van der Waals surface area contributed by atoms with E-state index in [1.807, 2.05) is 0 Å². The van der Waals surface area contributed by atoms with Crippen LogP contribution in [0, 0.1) is 0 Å². The van der Waals surface area contributed by atoms with Gasteiger partial charge in [-0.05, 0) is 12.2 Å². The smallest absolute Gasteiger partial charge is 0.195 e. The molecule has 0 saturated heterocycles. The number of rotatable bonds is 5. The molecule has 8 heteroatoms. The van der Waals surface area contributed by atoms with E-state index in [9.17, 15) is 35.1 Å². The van der Waals surface area contributed by atoms with Gasteiger partial charge < -0.3 is 0 Å². The van der Waals surface area contributed by atoms with Crippen molar-refractivity contribution in [1.82, 2.24) is 0 Å². The van der Waals surface area contributed by atoms with Crippen molar-refractivity contribution in [1.29, 1.82) is 0 Å². The topological polar surface area (TPSA) is 0 Å². The zero-order valence-electron chi connectivity index (χ0n) is 7.59. The van der Waals surface area contributed by atoms with Crippen LogP contribution in [0.2, 0.25) is 0 Å². The van der Waals surface area contributed by atoms with Crippen LogP contribution in [0.15, 0.2) is 25.3 Å². The molecule has 0 aliphatic carbocycles. The molecule has 0 aromatic heterocycles. The molecular formula is C8H6F8. The number of allylic oxidation sites excluding steroid dienone is 2. The molecule has 0 radical (unpaired) electrons. The predicted octanol–water partition coefficient (Wildman–Crippen LogP) is 3.90. The number of alkyl halides is 8. The molecule has 0 aromatic carbocycles. The fourth-order valence-corrected chi connectivity index (χ4v) is 0.675. The Morgan fingerprint density at radius 2 is 0.750 bits per heavy atom. The summed E-state index contributed by atoms with van der Waals surface area (Å²) >= 11 is 0. The van der Waals surface area contributed by atoms with Crippen molar-refractivity contribution in [2.24, 2.45) is 0 Å². The quantitative estimate of drug-likeness (QED) is 0.515. The Hall–Kier alpha value is -1.08. The second-order valence-corrected chi connectivity index (χ2v) is 2.80. The lowest BCUT2D eigenvalue weighted by molar-refractivity contribution is -0.343. The Labute approximate surface area is 85.2 Å². The molecule has 0 amide bonds. The molecule has 0 saturated carbocycles. The highest BCUT2D eigenvalue weighted by molar-refractivity contribution is 5.13. The fourth-order valence-electron chi connectivity index (χ4n) is 0.675. The zero-order valence-corrected chi connectivity index (χ0v) is 7.59. The molecule has 0 aliphatic heterocycles. The van der Waals surface area contributed by atoms with Crippen molar-refractivity contribution in [3.05, 3.63) is 25.3 Å². The molecule has 0 fully saturated rings. The summed E-state index contributed by atoms with van der Waals surface area (Å²) in [5.41, 5.74) is 0. The molecule has 16 heavy (non-hydrogen) atoms. The van der Waals surface area contributed by atoms with Gasteiger partial charge in [0.1, 0.15) is 0 Å². The van der Waals surface area contributed by atoms with Gasteiger partial charge in [0.15, 0.2) is 0 Å². The van der Waals surface area contributed by atoms with Crippen molar-refractivity contribution in [3.8, 4) is 0 Å². The van der Waals surface area contributed by atoms with Crippen LogP contribution in [-0.4, -0.2) is 23.7 Å². The highest BCUT2D eigenvalue weighted by Gasteiger charge is 2.78. The minimum atomic E-state index is -6.28. The lowest BCUT2D eigenvalue weighted by Crippen LogP contribution is -2.60. The average Bonchev–Trinajstić information content (AvgIpc) is 2.16. The van der Waals surface area contributed by atoms with Crippen LogP contribution < -0.4 is 0 Å². The summed E-state index contributed by atoms with van der Waals surface area (Å²) in [4.78, 5) is 0. The summed E-state index contributed by atoms with van der Waals surface area (Å²) in [6.07, 6.45) is -1.64. The summed E-state index contributed by atoms with van der Waals surface area (Å²) < 4.78 is 99.8. The molecule has 0 N–H and O–H groups in total. The monoisotopic (exact) mass is 254 g/mol. The third-order valence-corrected chi connectivity index (χ3v) is 1.74. The highest BCUT2D eigenvalue weighted by Crippen LogP contribution is 2.53. The molecule has 0 heterocycles. The van der Waals surface area contributed by atoms with E-state index in [1.165, 1.54) is 0 Å². The Morgan fingerprint density at radius 3 is 0.875 bits per heavy atom. The van der Waals surface area contributed by atoms with E-state index in [0.717, 1.165) is 0 Å². The van der Waals surface area contributed by atoms with E-state index in [-0.39, 0.29) is 0 Å². The van der Waals surface area contributed by atoms with Crippen molar-refractivity contribution < 1.29 is 35.1 Å². The summed E-state index contributed by atoms with van der Waals surface area (Å²) in [7, 11) is 0. The van der Waals surface area contributed by atoms with E-state index < -0.39 is 35.8 Å². The maximum atomic E-state index is 12.6. The maximum absolute atomic E-state index is 12.6. The Balaban J connectivity index is 5.63. The van der Waals surface area contributed by atoms with E-state index in [2.05, 4.69) is 13.2 Å². The third-order valence-electron chi connectivity index (χ3n) is 1.74. The van der Waals surface area contributed by atoms with E-state index in [1.54, 1.807) is 0 Å². The molecule has 0 atom stereocenters. The molecule has 0 aromatic rings. The van der Waals surface area contributed by atoms with E-state index in [0.29, 0.717) is 0 Å². The Morgan fingerprint density at radius 1 is 0.562 bits per heavy atom. The molecule has 0 aliphatic rings. The molecule has 0 spiro atoms. The van der Waals surface area contributed by atoms with Gasteiger partial charge in [0.05, 0.1) is 0 Å². The summed E-state index contributed by atoms with van der Waals surface area (Å²) in [5, 5.41) is 0. The molecule has 0 unspecified atom stereocenters. The van der Waals surface area contributed by atoms with Gasteiger partial charge in [0.25, 0.3) is 0 Å². The molecular weight excluding hydrogens is 248 g/mol. The van der Waals surface area contributed by atoms with Crippen LogP contribution in [0.25, 0.3) is 0 Å². The molecule has 0 bridgehead atoms. The first kappa shape index (κ1) is 14.9. The van der Waals surface area contributed by atoms with Crippen molar-refractivity contribution in [3.63, 3.8) is 0 Å². The number of hydrogen-bond acceptors (Lipinski definition) is 0. The minimum Gasteiger partial charge on any atom is -0.195 e. The number of halogens is 8. The van der Waals surface area contributed by atoms with Gasteiger partial charge in [-0.15, -0.1) is 0 Å². The molecule has 0 nitrogen and oxygen atoms in total. The SMILES string of the molecule is C=CC(F)(F)C(F)(F)C(F)(F)C(F)(F)C=C. The van der Waals surface area contributed by atoms with E-state index in [4.69, 9.17) is 0 Å². The predicted molar refractivity (Wildman–Crippen MR) is 40.2 cm³/mol. The molecule has 0 rings (SSSR count). The van der Waals surface area contributed by atoms with Crippen LogP contribution in [0.3, 0.4) is 0 Å². The fraction of sp³-hybridized carbons (Fsp3) is 0.500. The normalized spacial score (nSPS) is 14.8. The van der Waals surface area contributed by atoms with Gasteiger partial charge >= 0.3 is 23.7 Å². The van der Waals surface area contributed by atoms with Crippen LogP contribution in [0.1, 0.15) is 0 Å². The van der Waals surface area contributed by atoms with Crippen LogP contribution >= 0.6 is 0 Å². The summed E-state index contributed by atoms with van der Waals surface area (Å²) in [6.45, 7) is 4.37. The lowest BCUT2D eigenvalue weighted by atomic mass is 9.99. The van der Waals surface area contributed by atoms with Gasteiger partial charge in [-0.25, -0.2) is 0 Å². The standard InChI is InChI=1S/C8H6F8/c1-3-5(9,10)7(13,14)8(15,16)6(11,12)4-2/h3-4H,1-2H2. The second kappa shape index (κ2) is 3.74. The Bertz CT molecular complexity index is 260. The van der Waals surface area contributed by atoms with Gasteiger partial charge in [0, 0.05) is 0 Å². The van der Waals surface area contributed by atoms with Crippen LogP contribution in [0.4, 0.5) is 35.1 Å². The summed E-state index contributed by atoms with van der Waals surface area (Å²) in [6, 6.07) is 0. The van der Waals surface area contributed by atoms with Crippen LogP contribution in [-0.2, 0) is 0 Å². The van der Waals surface area contributed by atoms with Crippen molar-refractivity contribution >= 4 is 0 Å². The summed E-state index contributed by atoms with van der Waals surface area (Å²) in [5.74, 6) is -23.5. The molecule has 94 valence electrons. The maximum Gasteiger partial charge on any atom is 0.382 e. The van der Waals surface area contributed by atoms with Crippen molar-refractivity contribution in [2.75, 3.05) is 0 Å². The Kier molecular flexibility index (Phi) is 3.49. The third kappa shape index (κ3) is 1.80. The number of hydrogen-bond donors (Lipinski definition) is 0. The van der Waals surface area contributed by atoms with Gasteiger partial charge in [-0.3, -0.25) is 0 Å². The largest absolute Gasteiger partial charge is 0.382 e. The zero-order chi connectivity index (χ0) is 13.4. The first-order valence-corrected chi connectivity index (χ1v) is 3.66. The van der Waals surface area contributed by atoms with Crippen LogP contribution in [0.5, 0.6) is 0 Å². The first-order valence-electron chi connectivity index (χ1n) is 3.66. The van der Waals surface area contributed by atoms with Crippen molar-refractivity contribution in [2.45, 2.75) is 23.7 Å². The second-order valence-electron chi connectivity index (χ2n) is 2.80. The van der Waals surface area contributed by atoms with Gasteiger partial charge in [-0.1, -0.05) is 13.2 Å². The highest BCUT2D eigenvalue weighted by atomic mass is 19.4.